The molecule has 4 nitrogen and oxygen atoms in total. The molecule has 1 aliphatic rings. The van der Waals surface area contributed by atoms with Crippen molar-refractivity contribution in [3.05, 3.63) is 35.0 Å². The Morgan fingerprint density at radius 3 is 2.70 bits per heavy atom. The highest BCUT2D eigenvalue weighted by molar-refractivity contribution is 6.31. The normalized spacial score (nSPS) is 18.3. The van der Waals surface area contributed by atoms with Gasteiger partial charge in [0.05, 0.1) is 23.4 Å². The molecule has 0 aromatic heterocycles. The van der Waals surface area contributed by atoms with Gasteiger partial charge in [-0.25, -0.2) is 0 Å². The smallest absolute Gasteiger partial charge is 0.157 e. The summed E-state index contributed by atoms with van der Waals surface area (Å²) in [5, 5.41) is 16.6. The zero-order chi connectivity index (χ0) is 17.0. The lowest BCUT2D eigenvalue weighted by atomic mass is 9.79. The van der Waals surface area contributed by atoms with Gasteiger partial charge >= 0.3 is 0 Å². The molecule has 126 valence electrons. The van der Waals surface area contributed by atoms with Crippen molar-refractivity contribution in [2.45, 2.75) is 32.8 Å². The van der Waals surface area contributed by atoms with E-state index in [-0.39, 0.29) is 17.1 Å². The van der Waals surface area contributed by atoms with Crippen LogP contribution in [-0.2, 0) is 4.79 Å². The molecular formula is C17H22Cl2N2O2. The van der Waals surface area contributed by atoms with Gasteiger partial charge in [-0.1, -0.05) is 25.4 Å². The number of hydrogen-bond donors (Lipinski definition) is 3. The first kappa shape index (κ1) is 18.1. The van der Waals surface area contributed by atoms with Crippen LogP contribution >= 0.6 is 23.2 Å². The van der Waals surface area contributed by atoms with Crippen LogP contribution in [-0.4, -0.2) is 29.4 Å². The molecule has 0 spiro atoms. The van der Waals surface area contributed by atoms with Crippen LogP contribution in [0, 0.1) is 5.41 Å². The standard InChI is InChI=1S/C17H22Cl2N2O2/c1-17(2)7-12(6-13(22)8-17)21-15-4-3-11(19)5-16(15)20-10-14(23)9-18/h3-6,14,20-21,23H,7-10H2,1-2H3. The summed E-state index contributed by atoms with van der Waals surface area (Å²) in [6, 6.07) is 5.41. The second kappa shape index (κ2) is 7.56. The first-order valence-corrected chi connectivity index (χ1v) is 8.48. The van der Waals surface area contributed by atoms with Crippen molar-refractivity contribution in [1.29, 1.82) is 0 Å². The third-order valence-corrected chi connectivity index (χ3v) is 4.23. The quantitative estimate of drug-likeness (QED) is 0.673. The average molecular weight is 357 g/mol. The number of carbonyl (C=O) groups is 1. The third kappa shape index (κ3) is 5.41. The fourth-order valence-corrected chi connectivity index (χ4v) is 2.93. The first-order valence-electron chi connectivity index (χ1n) is 7.57. The maximum atomic E-state index is 11.9. The van der Waals surface area contributed by atoms with E-state index in [4.69, 9.17) is 23.2 Å². The Labute approximate surface area is 146 Å². The van der Waals surface area contributed by atoms with E-state index < -0.39 is 6.10 Å². The molecule has 6 heteroatoms. The molecule has 0 heterocycles. The van der Waals surface area contributed by atoms with Crippen LogP contribution in [0.2, 0.25) is 5.02 Å². The molecule has 3 N–H and O–H groups in total. The highest BCUT2D eigenvalue weighted by atomic mass is 35.5. The number of allylic oxidation sites excluding steroid dienone is 2. The summed E-state index contributed by atoms with van der Waals surface area (Å²) < 4.78 is 0. The number of benzene rings is 1. The molecule has 0 bridgehead atoms. The van der Waals surface area contributed by atoms with Gasteiger partial charge in [-0.15, -0.1) is 11.6 Å². The summed E-state index contributed by atoms with van der Waals surface area (Å²) in [7, 11) is 0. The van der Waals surface area contributed by atoms with Gasteiger partial charge in [0.25, 0.3) is 0 Å². The molecule has 0 saturated carbocycles. The van der Waals surface area contributed by atoms with Crippen LogP contribution < -0.4 is 10.6 Å². The minimum absolute atomic E-state index is 0.0526. The van der Waals surface area contributed by atoms with Gasteiger partial charge < -0.3 is 15.7 Å². The number of rotatable bonds is 6. The SMILES string of the molecule is CC1(C)CC(=O)C=C(Nc2ccc(Cl)cc2NCC(O)CCl)C1. The predicted molar refractivity (Wildman–Crippen MR) is 96.4 cm³/mol. The van der Waals surface area contributed by atoms with E-state index in [0.717, 1.165) is 23.5 Å². The summed E-state index contributed by atoms with van der Waals surface area (Å²) in [5.74, 6) is 0.286. The number of nitrogens with one attached hydrogen (secondary N) is 2. The summed E-state index contributed by atoms with van der Waals surface area (Å²) in [6.45, 7) is 4.48. The number of anilines is 2. The summed E-state index contributed by atoms with van der Waals surface area (Å²) in [6.07, 6.45) is 2.38. The maximum absolute atomic E-state index is 11.9. The molecule has 1 aromatic carbocycles. The number of halogens is 2. The number of ketones is 1. The fourth-order valence-electron chi connectivity index (χ4n) is 2.65. The number of alkyl halides is 1. The molecule has 0 radical (unpaired) electrons. The Kier molecular flexibility index (Phi) is 5.95. The van der Waals surface area contributed by atoms with Gasteiger partial charge in [0.2, 0.25) is 0 Å². The molecule has 0 saturated heterocycles. The highest BCUT2D eigenvalue weighted by Gasteiger charge is 2.27. The number of aliphatic hydroxyl groups excluding tert-OH is 1. The van der Waals surface area contributed by atoms with E-state index in [9.17, 15) is 9.90 Å². The van der Waals surface area contributed by atoms with Crippen LogP contribution in [0.15, 0.2) is 30.0 Å². The molecule has 0 fully saturated rings. The topological polar surface area (TPSA) is 61.4 Å². The van der Waals surface area contributed by atoms with Crippen molar-refractivity contribution in [3.8, 4) is 0 Å². The Morgan fingerprint density at radius 1 is 1.30 bits per heavy atom. The van der Waals surface area contributed by atoms with Gasteiger partial charge in [-0.2, -0.15) is 0 Å². The fraction of sp³-hybridized carbons (Fsp3) is 0.471. The zero-order valence-corrected chi connectivity index (χ0v) is 14.8. The monoisotopic (exact) mass is 356 g/mol. The van der Waals surface area contributed by atoms with Crippen LogP contribution in [0.4, 0.5) is 11.4 Å². The second-order valence-electron chi connectivity index (χ2n) is 6.66. The van der Waals surface area contributed by atoms with Gasteiger partial charge in [-0.3, -0.25) is 4.79 Å². The predicted octanol–water partition coefficient (Wildman–Crippen LogP) is 4.04. The van der Waals surface area contributed by atoms with Crippen LogP contribution in [0.3, 0.4) is 0 Å². The lowest BCUT2D eigenvalue weighted by molar-refractivity contribution is -0.117. The van der Waals surface area contributed by atoms with Crippen LogP contribution in [0.25, 0.3) is 0 Å². The lowest BCUT2D eigenvalue weighted by Gasteiger charge is -2.29. The van der Waals surface area contributed by atoms with Crippen molar-refractivity contribution < 1.29 is 9.90 Å². The Balaban J connectivity index is 2.17. The average Bonchev–Trinajstić information content (AvgIpc) is 2.45. The van der Waals surface area contributed by atoms with E-state index >= 15 is 0 Å². The molecule has 1 aromatic rings. The number of aliphatic hydroxyl groups is 1. The summed E-state index contributed by atoms with van der Waals surface area (Å²) in [4.78, 5) is 11.9. The maximum Gasteiger partial charge on any atom is 0.157 e. The van der Waals surface area contributed by atoms with Crippen molar-refractivity contribution in [2.24, 2.45) is 5.41 Å². The number of carbonyl (C=O) groups excluding carboxylic acids is 1. The Bertz CT molecular complexity index is 615. The second-order valence-corrected chi connectivity index (χ2v) is 7.40. The molecule has 1 atom stereocenters. The van der Waals surface area contributed by atoms with Crippen LogP contribution in [0.5, 0.6) is 0 Å². The van der Waals surface area contributed by atoms with Crippen molar-refractivity contribution >= 4 is 40.4 Å². The molecule has 23 heavy (non-hydrogen) atoms. The molecular weight excluding hydrogens is 335 g/mol. The van der Waals surface area contributed by atoms with Crippen molar-refractivity contribution in [2.75, 3.05) is 23.1 Å². The molecule has 1 unspecified atom stereocenters. The highest BCUT2D eigenvalue weighted by Crippen LogP contribution is 2.35. The van der Waals surface area contributed by atoms with Gasteiger partial charge in [0.1, 0.15) is 0 Å². The van der Waals surface area contributed by atoms with E-state index in [1.807, 2.05) is 6.07 Å². The Morgan fingerprint density at radius 2 is 2.04 bits per heavy atom. The van der Waals surface area contributed by atoms with E-state index in [1.54, 1.807) is 18.2 Å². The van der Waals surface area contributed by atoms with Crippen molar-refractivity contribution in [1.82, 2.24) is 0 Å². The van der Waals surface area contributed by atoms with E-state index in [0.29, 0.717) is 18.0 Å². The molecule has 1 aliphatic carbocycles. The largest absolute Gasteiger partial charge is 0.390 e. The van der Waals surface area contributed by atoms with Gasteiger partial charge in [-0.05, 0) is 30.0 Å². The molecule has 0 amide bonds. The zero-order valence-electron chi connectivity index (χ0n) is 13.3. The lowest BCUT2D eigenvalue weighted by Crippen LogP contribution is -2.25. The number of hydrogen-bond acceptors (Lipinski definition) is 4. The minimum atomic E-state index is -0.641. The van der Waals surface area contributed by atoms with Gasteiger partial charge in [0, 0.05) is 29.8 Å². The molecule has 0 aliphatic heterocycles. The van der Waals surface area contributed by atoms with E-state index in [1.165, 1.54) is 0 Å². The Hall–Kier alpha value is -1.23. The van der Waals surface area contributed by atoms with Crippen molar-refractivity contribution in [3.63, 3.8) is 0 Å². The van der Waals surface area contributed by atoms with Crippen LogP contribution in [0.1, 0.15) is 26.7 Å². The van der Waals surface area contributed by atoms with E-state index in [2.05, 4.69) is 24.5 Å². The minimum Gasteiger partial charge on any atom is -0.390 e. The summed E-state index contributed by atoms with van der Waals surface area (Å²) >= 11 is 11.7. The molecule has 2 rings (SSSR count). The summed E-state index contributed by atoms with van der Waals surface area (Å²) in [5.41, 5.74) is 2.41. The third-order valence-electron chi connectivity index (χ3n) is 3.64. The first-order chi connectivity index (χ1) is 10.8. The van der Waals surface area contributed by atoms with Gasteiger partial charge in [0.15, 0.2) is 5.78 Å².